The Morgan fingerprint density at radius 1 is 1.38 bits per heavy atom. The smallest absolute Gasteiger partial charge is 0.233 e. The van der Waals surface area contributed by atoms with Gasteiger partial charge in [0.25, 0.3) is 0 Å². The fourth-order valence-electron chi connectivity index (χ4n) is 2.55. The van der Waals surface area contributed by atoms with Crippen molar-refractivity contribution in [2.75, 3.05) is 13.2 Å². The number of amides is 1. The van der Waals surface area contributed by atoms with E-state index in [4.69, 9.17) is 30.5 Å². The standard InChI is InChI=1S/C18H27ClN2O5/c1-11(2)25-14-7-16(19)18(20-8-14)26-15-9-23-17(24-10-15)6-5-12(3)21-13(4)22/h7-8,11-12,15,17H,5-6,9-10H2,1-4H3,(H,21,22). The Labute approximate surface area is 159 Å². The molecule has 1 N–H and O–H groups in total. The molecule has 8 heteroatoms. The lowest BCUT2D eigenvalue weighted by molar-refractivity contribution is -0.214. The van der Waals surface area contributed by atoms with Crippen LogP contribution in [0.5, 0.6) is 11.6 Å². The molecule has 1 aromatic rings. The molecule has 1 aromatic heterocycles. The summed E-state index contributed by atoms with van der Waals surface area (Å²) in [6, 6.07) is 1.77. The molecular weight excluding hydrogens is 360 g/mol. The first-order valence-corrected chi connectivity index (χ1v) is 9.20. The highest BCUT2D eigenvalue weighted by Gasteiger charge is 2.25. The maximum absolute atomic E-state index is 11.0. The van der Waals surface area contributed by atoms with Crippen molar-refractivity contribution in [1.29, 1.82) is 0 Å². The zero-order valence-electron chi connectivity index (χ0n) is 15.7. The van der Waals surface area contributed by atoms with E-state index >= 15 is 0 Å². The molecule has 1 aliphatic heterocycles. The maximum Gasteiger partial charge on any atom is 0.233 e. The summed E-state index contributed by atoms with van der Waals surface area (Å²) < 4.78 is 22.7. The van der Waals surface area contributed by atoms with Gasteiger partial charge in [-0.3, -0.25) is 4.79 Å². The summed E-state index contributed by atoms with van der Waals surface area (Å²) in [5, 5.41) is 3.22. The van der Waals surface area contributed by atoms with Gasteiger partial charge in [0.1, 0.15) is 16.9 Å². The molecule has 1 atom stereocenters. The van der Waals surface area contributed by atoms with Crippen molar-refractivity contribution in [3.05, 3.63) is 17.3 Å². The second-order valence-corrected chi connectivity index (χ2v) is 7.05. The summed E-state index contributed by atoms with van der Waals surface area (Å²) in [7, 11) is 0. The molecule has 0 radical (unpaired) electrons. The van der Waals surface area contributed by atoms with Crippen LogP contribution in [0.15, 0.2) is 12.3 Å². The molecule has 0 bridgehead atoms. The van der Waals surface area contributed by atoms with Crippen LogP contribution in [0.2, 0.25) is 5.02 Å². The fraction of sp³-hybridized carbons (Fsp3) is 0.667. The Bertz CT molecular complexity index is 591. The molecule has 0 aromatic carbocycles. The van der Waals surface area contributed by atoms with E-state index in [2.05, 4.69) is 10.3 Å². The number of ether oxygens (including phenoxy) is 4. The quantitative estimate of drug-likeness (QED) is 0.740. The first kappa shape index (κ1) is 20.7. The normalized spacial score (nSPS) is 21.3. The highest BCUT2D eigenvalue weighted by atomic mass is 35.5. The van der Waals surface area contributed by atoms with Gasteiger partial charge in [-0.1, -0.05) is 11.6 Å². The Morgan fingerprint density at radius 3 is 2.65 bits per heavy atom. The number of halogens is 1. The molecule has 7 nitrogen and oxygen atoms in total. The summed E-state index contributed by atoms with van der Waals surface area (Å²) in [5.74, 6) is 0.894. The van der Waals surface area contributed by atoms with Crippen LogP contribution in [-0.4, -0.2) is 48.6 Å². The molecule has 0 aliphatic carbocycles. The Hall–Kier alpha value is -1.57. The van der Waals surface area contributed by atoms with E-state index in [9.17, 15) is 4.79 Å². The number of carbonyl (C=O) groups is 1. The van der Waals surface area contributed by atoms with Gasteiger partial charge >= 0.3 is 0 Å². The zero-order valence-corrected chi connectivity index (χ0v) is 16.4. The third-order valence-electron chi connectivity index (χ3n) is 3.65. The summed E-state index contributed by atoms with van der Waals surface area (Å²) in [6.45, 7) is 8.11. The van der Waals surface area contributed by atoms with E-state index in [0.29, 0.717) is 36.3 Å². The van der Waals surface area contributed by atoms with E-state index in [1.807, 2.05) is 20.8 Å². The molecule has 146 valence electrons. The average molecular weight is 387 g/mol. The van der Waals surface area contributed by atoms with Gasteiger partial charge in [0.2, 0.25) is 11.8 Å². The van der Waals surface area contributed by atoms with Crippen LogP contribution >= 0.6 is 11.6 Å². The average Bonchev–Trinajstić information content (AvgIpc) is 2.55. The molecular formula is C18H27ClN2O5. The Morgan fingerprint density at radius 2 is 2.08 bits per heavy atom. The van der Waals surface area contributed by atoms with E-state index in [-0.39, 0.29) is 30.4 Å². The minimum absolute atomic E-state index is 0.0364. The lowest BCUT2D eigenvalue weighted by Gasteiger charge is -2.30. The number of hydrogen-bond acceptors (Lipinski definition) is 6. The lowest BCUT2D eigenvalue weighted by atomic mass is 10.1. The molecule has 2 heterocycles. The van der Waals surface area contributed by atoms with E-state index < -0.39 is 0 Å². The van der Waals surface area contributed by atoms with Crippen molar-refractivity contribution < 1.29 is 23.7 Å². The molecule has 0 saturated carbocycles. The minimum Gasteiger partial charge on any atom is -0.489 e. The largest absolute Gasteiger partial charge is 0.489 e. The van der Waals surface area contributed by atoms with Crippen LogP contribution in [-0.2, 0) is 14.3 Å². The SMILES string of the molecule is CC(=O)NC(C)CCC1OCC(Oc2ncc(OC(C)C)cc2Cl)CO1. The second kappa shape index (κ2) is 9.94. The number of aromatic nitrogens is 1. The van der Waals surface area contributed by atoms with Gasteiger partial charge in [-0.05, 0) is 27.2 Å². The van der Waals surface area contributed by atoms with Crippen LogP contribution in [0, 0.1) is 0 Å². The number of nitrogens with zero attached hydrogens (tertiary/aromatic N) is 1. The lowest BCUT2D eigenvalue weighted by Crippen LogP contribution is -2.40. The Balaban J connectivity index is 1.75. The maximum atomic E-state index is 11.0. The summed E-state index contributed by atoms with van der Waals surface area (Å²) in [5.41, 5.74) is 0. The fourth-order valence-corrected chi connectivity index (χ4v) is 2.76. The van der Waals surface area contributed by atoms with Gasteiger partial charge in [0, 0.05) is 25.5 Å². The molecule has 1 saturated heterocycles. The van der Waals surface area contributed by atoms with Crippen LogP contribution in [0.4, 0.5) is 0 Å². The molecule has 1 amide bonds. The van der Waals surface area contributed by atoms with Crippen molar-refractivity contribution in [2.45, 2.75) is 65.1 Å². The molecule has 1 fully saturated rings. The number of nitrogens with one attached hydrogen (secondary N) is 1. The van der Waals surface area contributed by atoms with Gasteiger partial charge in [0.05, 0.1) is 25.5 Å². The van der Waals surface area contributed by atoms with Crippen molar-refractivity contribution in [3.63, 3.8) is 0 Å². The first-order valence-electron chi connectivity index (χ1n) is 8.82. The predicted molar refractivity (Wildman–Crippen MR) is 97.6 cm³/mol. The first-order chi connectivity index (χ1) is 12.3. The van der Waals surface area contributed by atoms with Crippen molar-refractivity contribution in [2.24, 2.45) is 0 Å². The third kappa shape index (κ3) is 6.97. The number of hydrogen-bond donors (Lipinski definition) is 1. The molecule has 1 unspecified atom stereocenters. The van der Waals surface area contributed by atoms with Gasteiger partial charge in [-0.2, -0.15) is 0 Å². The molecule has 26 heavy (non-hydrogen) atoms. The molecule has 0 spiro atoms. The summed E-state index contributed by atoms with van der Waals surface area (Å²) in [4.78, 5) is 15.2. The van der Waals surface area contributed by atoms with Gasteiger partial charge < -0.3 is 24.3 Å². The van der Waals surface area contributed by atoms with Crippen molar-refractivity contribution in [3.8, 4) is 11.6 Å². The Kier molecular flexibility index (Phi) is 7.93. The van der Waals surface area contributed by atoms with Crippen LogP contribution in [0.1, 0.15) is 40.5 Å². The van der Waals surface area contributed by atoms with Crippen molar-refractivity contribution >= 4 is 17.5 Å². The highest BCUT2D eigenvalue weighted by Crippen LogP contribution is 2.28. The predicted octanol–water partition coefficient (Wildman–Crippen LogP) is 2.95. The topological polar surface area (TPSA) is 78.9 Å². The summed E-state index contributed by atoms with van der Waals surface area (Å²) in [6.07, 6.45) is 2.54. The molecule has 2 rings (SSSR count). The molecule has 1 aliphatic rings. The number of rotatable bonds is 8. The monoisotopic (exact) mass is 386 g/mol. The van der Waals surface area contributed by atoms with Crippen LogP contribution in [0.3, 0.4) is 0 Å². The van der Waals surface area contributed by atoms with Crippen molar-refractivity contribution in [1.82, 2.24) is 10.3 Å². The van der Waals surface area contributed by atoms with E-state index in [1.54, 1.807) is 12.3 Å². The highest BCUT2D eigenvalue weighted by molar-refractivity contribution is 6.31. The van der Waals surface area contributed by atoms with Gasteiger partial charge in [0.15, 0.2) is 6.29 Å². The number of pyridine rings is 1. The van der Waals surface area contributed by atoms with Crippen LogP contribution < -0.4 is 14.8 Å². The zero-order chi connectivity index (χ0) is 19.1. The van der Waals surface area contributed by atoms with Gasteiger partial charge in [-0.15, -0.1) is 0 Å². The van der Waals surface area contributed by atoms with Gasteiger partial charge in [-0.25, -0.2) is 4.98 Å². The van der Waals surface area contributed by atoms with E-state index in [0.717, 1.165) is 6.42 Å². The summed E-state index contributed by atoms with van der Waals surface area (Å²) >= 11 is 6.20. The third-order valence-corrected chi connectivity index (χ3v) is 3.92. The van der Waals surface area contributed by atoms with Crippen LogP contribution in [0.25, 0.3) is 0 Å². The van der Waals surface area contributed by atoms with E-state index in [1.165, 1.54) is 6.92 Å². The second-order valence-electron chi connectivity index (χ2n) is 6.64. The number of carbonyl (C=O) groups excluding carboxylic acids is 1. The minimum atomic E-state index is -0.295.